The van der Waals surface area contributed by atoms with Crippen molar-refractivity contribution in [1.82, 2.24) is 9.97 Å². The maximum absolute atomic E-state index is 13.4. The van der Waals surface area contributed by atoms with Crippen LogP contribution in [-0.2, 0) is 12.8 Å². The monoisotopic (exact) mass is 299 g/mol. The predicted octanol–water partition coefficient (Wildman–Crippen LogP) is 4.37. The molecule has 3 nitrogen and oxygen atoms in total. The second-order valence-electron chi connectivity index (χ2n) is 5.29. The van der Waals surface area contributed by atoms with E-state index < -0.39 is 0 Å². The van der Waals surface area contributed by atoms with E-state index in [0.29, 0.717) is 5.69 Å². The number of hydrogen-bond donors (Lipinski definition) is 1. The van der Waals surface area contributed by atoms with Crippen molar-refractivity contribution in [3.8, 4) is 0 Å². The Kier molecular flexibility index (Phi) is 2.89. The first-order valence-electron chi connectivity index (χ1n) is 7.02. The second-order valence-corrected chi connectivity index (χ2v) is 6.38. The zero-order valence-corrected chi connectivity index (χ0v) is 12.4. The number of rotatable bonds is 2. The average Bonchev–Trinajstić information content (AvgIpc) is 2.98. The summed E-state index contributed by atoms with van der Waals surface area (Å²) in [5.74, 6) is 1.28. The first-order chi connectivity index (χ1) is 10.2. The molecule has 0 saturated heterocycles. The largest absolute Gasteiger partial charge is 0.339 e. The maximum Gasteiger partial charge on any atom is 0.143 e. The number of fused-ring (bicyclic) bond motifs is 3. The molecule has 0 unspecified atom stereocenters. The Morgan fingerprint density at radius 2 is 2.14 bits per heavy atom. The van der Waals surface area contributed by atoms with E-state index in [1.807, 2.05) is 13.0 Å². The Morgan fingerprint density at radius 3 is 3.00 bits per heavy atom. The molecule has 0 spiro atoms. The number of nitrogens with one attached hydrogen (secondary N) is 1. The van der Waals surface area contributed by atoms with Crippen LogP contribution in [0.2, 0.25) is 0 Å². The minimum atomic E-state index is -0.252. The maximum atomic E-state index is 13.4. The van der Waals surface area contributed by atoms with Gasteiger partial charge in [0.25, 0.3) is 0 Å². The zero-order valence-electron chi connectivity index (χ0n) is 11.6. The molecule has 1 N–H and O–H groups in total. The Morgan fingerprint density at radius 1 is 1.24 bits per heavy atom. The van der Waals surface area contributed by atoms with E-state index in [1.54, 1.807) is 17.4 Å². The predicted molar refractivity (Wildman–Crippen MR) is 83.9 cm³/mol. The SMILES string of the molecule is Cc1nc(Nc2cccc(F)c2)c2c3c(sc2n1)CCC3. The lowest BCUT2D eigenvalue weighted by Gasteiger charge is -2.09. The smallest absolute Gasteiger partial charge is 0.143 e. The van der Waals surface area contributed by atoms with E-state index in [2.05, 4.69) is 15.3 Å². The van der Waals surface area contributed by atoms with Gasteiger partial charge in [0.15, 0.2) is 0 Å². The molecule has 1 aliphatic carbocycles. The van der Waals surface area contributed by atoms with E-state index in [9.17, 15) is 4.39 Å². The van der Waals surface area contributed by atoms with Crippen molar-refractivity contribution in [1.29, 1.82) is 0 Å². The van der Waals surface area contributed by atoms with E-state index in [4.69, 9.17) is 0 Å². The highest BCUT2D eigenvalue weighted by atomic mass is 32.1. The van der Waals surface area contributed by atoms with Gasteiger partial charge in [-0.05, 0) is 49.9 Å². The number of thiophene rings is 1. The normalized spacial score (nSPS) is 13.6. The van der Waals surface area contributed by atoms with Crippen LogP contribution in [-0.4, -0.2) is 9.97 Å². The Balaban J connectivity index is 1.87. The fourth-order valence-electron chi connectivity index (χ4n) is 2.90. The van der Waals surface area contributed by atoms with Crippen molar-refractivity contribution in [2.24, 2.45) is 0 Å². The van der Waals surface area contributed by atoms with E-state index in [0.717, 1.165) is 34.7 Å². The number of nitrogens with zero attached hydrogens (tertiary/aromatic N) is 2. The van der Waals surface area contributed by atoms with E-state index in [-0.39, 0.29) is 5.82 Å². The van der Waals surface area contributed by atoms with Crippen LogP contribution >= 0.6 is 11.3 Å². The number of anilines is 2. The van der Waals surface area contributed by atoms with Crippen LogP contribution in [0.1, 0.15) is 22.7 Å². The van der Waals surface area contributed by atoms with Crippen molar-refractivity contribution >= 4 is 33.1 Å². The summed E-state index contributed by atoms with van der Waals surface area (Å²) in [6.07, 6.45) is 3.42. The summed E-state index contributed by atoms with van der Waals surface area (Å²) in [5.41, 5.74) is 2.08. The molecular formula is C16H14FN3S. The second kappa shape index (κ2) is 4.77. The summed E-state index contributed by atoms with van der Waals surface area (Å²) in [7, 11) is 0. The van der Waals surface area contributed by atoms with Crippen LogP contribution in [0.5, 0.6) is 0 Å². The van der Waals surface area contributed by atoms with Crippen LogP contribution in [0, 0.1) is 12.7 Å². The first kappa shape index (κ1) is 12.7. The van der Waals surface area contributed by atoms with Gasteiger partial charge >= 0.3 is 0 Å². The van der Waals surface area contributed by atoms with Gasteiger partial charge in [0, 0.05) is 10.6 Å². The molecule has 2 aromatic heterocycles. The summed E-state index contributed by atoms with van der Waals surface area (Å²) in [6, 6.07) is 6.46. The number of hydrogen-bond acceptors (Lipinski definition) is 4. The number of halogens is 1. The third kappa shape index (κ3) is 2.17. The summed E-state index contributed by atoms with van der Waals surface area (Å²) >= 11 is 1.76. The summed E-state index contributed by atoms with van der Waals surface area (Å²) in [6.45, 7) is 1.89. The molecule has 0 fully saturated rings. The third-order valence-corrected chi connectivity index (χ3v) is 4.95. The van der Waals surface area contributed by atoms with Gasteiger partial charge in [-0.25, -0.2) is 14.4 Å². The van der Waals surface area contributed by atoms with Crippen LogP contribution in [0.3, 0.4) is 0 Å². The molecule has 0 aliphatic heterocycles. The fourth-order valence-corrected chi connectivity index (χ4v) is 4.20. The van der Waals surface area contributed by atoms with Gasteiger partial charge in [-0.1, -0.05) is 6.07 Å². The summed E-state index contributed by atoms with van der Waals surface area (Å²) in [5, 5.41) is 4.37. The molecule has 1 aromatic carbocycles. The quantitative estimate of drug-likeness (QED) is 0.763. The van der Waals surface area contributed by atoms with Crippen LogP contribution in [0.15, 0.2) is 24.3 Å². The molecule has 4 rings (SSSR count). The number of aryl methyl sites for hydroxylation is 3. The van der Waals surface area contributed by atoms with Gasteiger partial charge in [-0.15, -0.1) is 11.3 Å². The third-order valence-electron chi connectivity index (χ3n) is 3.76. The van der Waals surface area contributed by atoms with Gasteiger partial charge in [0.1, 0.15) is 22.3 Å². The van der Waals surface area contributed by atoms with Gasteiger partial charge in [0.2, 0.25) is 0 Å². The first-order valence-corrected chi connectivity index (χ1v) is 7.84. The van der Waals surface area contributed by atoms with Crippen molar-refractivity contribution in [3.05, 3.63) is 46.3 Å². The highest BCUT2D eigenvalue weighted by Crippen LogP contribution is 2.40. The van der Waals surface area contributed by atoms with Gasteiger partial charge in [0.05, 0.1) is 5.39 Å². The lowest BCUT2D eigenvalue weighted by Crippen LogP contribution is -1.99. The number of benzene rings is 1. The molecule has 106 valence electrons. The van der Waals surface area contributed by atoms with Crippen molar-refractivity contribution in [3.63, 3.8) is 0 Å². The lowest BCUT2D eigenvalue weighted by atomic mass is 10.2. The van der Waals surface area contributed by atoms with E-state index in [1.165, 1.54) is 29.0 Å². The molecule has 0 bridgehead atoms. The molecule has 1 aliphatic rings. The fraction of sp³-hybridized carbons (Fsp3) is 0.250. The number of aromatic nitrogens is 2. The van der Waals surface area contributed by atoms with Crippen LogP contribution < -0.4 is 5.32 Å². The molecule has 3 aromatic rings. The Hall–Kier alpha value is -2.01. The minimum absolute atomic E-state index is 0.252. The lowest BCUT2D eigenvalue weighted by molar-refractivity contribution is 0.628. The summed E-state index contributed by atoms with van der Waals surface area (Å²) in [4.78, 5) is 11.5. The average molecular weight is 299 g/mol. The van der Waals surface area contributed by atoms with Gasteiger partial charge < -0.3 is 5.32 Å². The molecular weight excluding hydrogens is 285 g/mol. The van der Waals surface area contributed by atoms with Crippen molar-refractivity contribution < 1.29 is 4.39 Å². The van der Waals surface area contributed by atoms with Gasteiger partial charge in [-0.2, -0.15) is 0 Å². The highest BCUT2D eigenvalue weighted by Gasteiger charge is 2.21. The molecule has 21 heavy (non-hydrogen) atoms. The molecule has 0 atom stereocenters. The molecule has 2 heterocycles. The molecule has 0 amide bonds. The Labute approximate surface area is 125 Å². The molecule has 0 saturated carbocycles. The topological polar surface area (TPSA) is 37.8 Å². The Bertz CT molecular complexity index is 841. The van der Waals surface area contributed by atoms with E-state index >= 15 is 0 Å². The molecule has 5 heteroatoms. The highest BCUT2D eigenvalue weighted by molar-refractivity contribution is 7.19. The summed E-state index contributed by atoms with van der Waals surface area (Å²) < 4.78 is 13.4. The van der Waals surface area contributed by atoms with Crippen LogP contribution in [0.25, 0.3) is 10.2 Å². The van der Waals surface area contributed by atoms with Gasteiger partial charge in [-0.3, -0.25) is 0 Å². The minimum Gasteiger partial charge on any atom is -0.339 e. The zero-order chi connectivity index (χ0) is 14.4. The van der Waals surface area contributed by atoms with Crippen molar-refractivity contribution in [2.75, 3.05) is 5.32 Å². The van der Waals surface area contributed by atoms with Crippen LogP contribution in [0.4, 0.5) is 15.9 Å². The standard InChI is InChI=1S/C16H14FN3S/c1-9-18-15(20-11-5-2-4-10(17)8-11)14-12-6-3-7-13(12)21-16(14)19-9/h2,4-5,8H,3,6-7H2,1H3,(H,18,19,20). The van der Waals surface area contributed by atoms with Crippen molar-refractivity contribution in [2.45, 2.75) is 26.2 Å². The molecule has 0 radical (unpaired) electrons.